The molecule has 0 radical (unpaired) electrons. The van der Waals surface area contributed by atoms with Gasteiger partial charge in [0, 0.05) is 0 Å². The molecule has 1 rings (SSSR count). The molecular weight excluding hydrogens is 227 g/mol. The summed E-state index contributed by atoms with van der Waals surface area (Å²) in [7, 11) is 1.06. The average Bonchev–Trinajstić information content (AvgIpc) is 2.36. The largest absolute Gasteiger partial charge is 0.467 e. The first-order chi connectivity index (χ1) is 8.13. The highest BCUT2D eigenvalue weighted by Crippen LogP contribution is 2.05. The summed E-state index contributed by atoms with van der Waals surface area (Å²) >= 11 is 0. The van der Waals surface area contributed by atoms with Gasteiger partial charge in [0.25, 0.3) is 0 Å². The number of hydrogen-bond donors (Lipinski definition) is 0. The molecule has 0 N–H and O–H groups in total. The zero-order valence-corrected chi connectivity index (χ0v) is 9.39. The van der Waals surface area contributed by atoms with Crippen molar-refractivity contribution in [1.82, 2.24) is 0 Å². The van der Waals surface area contributed by atoms with Gasteiger partial charge in [-0.2, -0.15) is 0 Å². The summed E-state index contributed by atoms with van der Waals surface area (Å²) in [5, 5.41) is 0. The normalized spacial score (nSPS) is 11.6. The van der Waals surface area contributed by atoms with E-state index >= 15 is 0 Å². The van der Waals surface area contributed by atoms with Crippen molar-refractivity contribution in [3.8, 4) is 0 Å². The van der Waals surface area contributed by atoms with E-state index in [1.807, 2.05) is 6.07 Å². The molecule has 0 saturated heterocycles. The Kier molecular flexibility index (Phi) is 5.13. The van der Waals surface area contributed by atoms with Crippen LogP contribution in [0.3, 0.4) is 0 Å². The predicted octanol–water partition coefficient (Wildman–Crippen LogP) is 1.63. The third-order valence-corrected chi connectivity index (χ3v) is 2.05. The summed E-state index contributed by atoms with van der Waals surface area (Å²) in [6, 6.07) is 8.99. The molecule has 0 spiro atoms. The van der Waals surface area contributed by atoms with Crippen LogP contribution in [-0.2, 0) is 25.7 Å². The third kappa shape index (κ3) is 4.63. The number of carbonyl (C=O) groups excluding carboxylic acids is 2. The van der Waals surface area contributed by atoms with Crippen molar-refractivity contribution in [2.75, 3.05) is 7.11 Å². The SMILES string of the molecule is COC(=O)C(F)CC(=O)OCc1ccccc1. The first kappa shape index (κ1) is 13.2. The maximum absolute atomic E-state index is 13.0. The van der Waals surface area contributed by atoms with Gasteiger partial charge in [-0.05, 0) is 5.56 Å². The fraction of sp³-hybridized carbons (Fsp3) is 0.333. The molecule has 0 fully saturated rings. The summed E-state index contributed by atoms with van der Waals surface area (Å²) < 4.78 is 22.0. The van der Waals surface area contributed by atoms with Crippen LogP contribution in [0.25, 0.3) is 0 Å². The molecule has 17 heavy (non-hydrogen) atoms. The summed E-state index contributed by atoms with van der Waals surface area (Å²) in [4.78, 5) is 21.9. The monoisotopic (exact) mass is 240 g/mol. The Balaban J connectivity index is 2.33. The Morgan fingerprint density at radius 1 is 1.29 bits per heavy atom. The number of benzene rings is 1. The Morgan fingerprint density at radius 3 is 2.53 bits per heavy atom. The van der Waals surface area contributed by atoms with Crippen molar-refractivity contribution >= 4 is 11.9 Å². The van der Waals surface area contributed by atoms with E-state index in [1.165, 1.54) is 0 Å². The fourth-order valence-corrected chi connectivity index (χ4v) is 1.15. The lowest BCUT2D eigenvalue weighted by Crippen LogP contribution is -2.22. The van der Waals surface area contributed by atoms with Crippen molar-refractivity contribution in [1.29, 1.82) is 0 Å². The van der Waals surface area contributed by atoms with Crippen LogP contribution < -0.4 is 0 Å². The second kappa shape index (κ2) is 6.62. The first-order valence-electron chi connectivity index (χ1n) is 5.05. The maximum Gasteiger partial charge on any atom is 0.341 e. The van der Waals surface area contributed by atoms with Crippen LogP contribution in [0.2, 0.25) is 0 Å². The Hall–Kier alpha value is -1.91. The molecule has 5 heteroatoms. The van der Waals surface area contributed by atoms with Gasteiger partial charge in [0.2, 0.25) is 6.17 Å². The molecule has 92 valence electrons. The molecule has 0 aliphatic heterocycles. The van der Waals surface area contributed by atoms with Crippen molar-refractivity contribution in [2.24, 2.45) is 0 Å². The molecule has 1 aromatic carbocycles. The molecule has 0 saturated carbocycles. The Labute approximate surface area is 98.3 Å². The van der Waals surface area contributed by atoms with Gasteiger partial charge in [0.05, 0.1) is 13.5 Å². The molecule has 4 nitrogen and oxygen atoms in total. The molecular formula is C12H13FO4. The minimum atomic E-state index is -1.97. The van der Waals surface area contributed by atoms with Crippen LogP contribution in [0.1, 0.15) is 12.0 Å². The molecule has 0 bridgehead atoms. The molecule has 0 amide bonds. The van der Waals surface area contributed by atoms with Gasteiger partial charge in [-0.15, -0.1) is 0 Å². The van der Waals surface area contributed by atoms with Crippen molar-refractivity contribution in [2.45, 2.75) is 19.2 Å². The lowest BCUT2D eigenvalue weighted by Gasteiger charge is -2.07. The fourth-order valence-electron chi connectivity index (χ4n) is 1.15. The topological polar surface area (TPSA) is 52.6 Å². The molecule has 1 atom stereocenters. The minimum absolute atomic E-state index is 0.0631. The standard InChI is InChI=1S/C12H13FO4/c1-16-12(15)10(13)7-11(14)17-8-9-5-3-2-4-6-9/h2-6,10H,7-8H2,1H3. The molecule has 1 unspecified atom stereocenters. The van der Waals surface area contributed by atoms with Crippen LogP contribution in [0.4, 0.5) is 4.39 Å². The van der Waals surface area contributed by atoms with Crippen LogP contribution >= 0.6 is 0 Å². The number of carbonyl (C=O) groups is 2. The average molecular weight is 240 g/mol. The van der Waals surface area contributed by atoms with E-state index in [0.29, 0.717) is 0 Å². The van der Waals surface area contributed by atoms with E-state index in [4.69, 9.17) is 4.74 Å². The van der Waals surface area contributed by atoms with E-state index < -0.39 is 24.5 Å². The number of hydrogen-bond acceptors (Lipinski definition) is 4. The molecule has 0 aromatic heterocycles. The molecule has 0 heterocycles. The van der Waals surface area contributed by atoms with Gasteiger partial charge in [0.15, 0.2) is 0 Å². The van der Waals surface area contributed by atoms with E-state index in [9.17, 15) is 14.0 Å². The summed E-state index contributed by atoms with van der Waals surface area (Å²) in [5.74, 6) is -1.84. The molecule has 0 aliphatic rings. The Bertz CT molecular complexity index is 377. The third-order valence-electron chi connectivity index (χ3n) is 2.05. The summed E-state index contributed by atoms with van der Waals surface area (Å²) in [6.07, 6.45) is -2.59. The Morgan fingerprint density at radius 2 is 1.94 bits per heavy atom. The van der Waals surface area contributed by atoms with Crippen LogP contribution in [-0.4, -0.2) is 25.2 Å². The maximum atomic E-state index is 13.0. The molecule has 0 aliphatic carbocycles. The van der Waals surface area contributed by atoms with Crippen LogP contribution in [0.5, 0.6) is 0 Å². The number of rotatable bonds is 5. The van der Waals surface area contributed by atoms with Gasteiger partial charge >= 0.3 is 11.9 Å². The zero-order chi connectivity index (χ0) is 12.7. The van der Waals surface area contributed by atoms with Crippen molar-refractivity contribution in [3.05, 3.63) is 35.9 Å². The number of ether oxygens (including phenoxy) is 2. The van der Waals surface area contributed by atoms with Crippen LogP contribution in [0.15, 0.2) is 30.3 Å². The van der Waals surface area contributed by atoms with Crippen LogP contribution in [0, 0.1) is 0 Å². The number of esters is 2. The summed E-state index contributed by atoms with van der Waals surface area (Å²) in [6.45, 7) is 0.0631. The number of methoxy groups -OCH3 is 1. The highest BCUT2D eigenvalue weighted by atomic mass is 19.1. The van der Waals surface area contributed by atoms with Crippen molar-refractivity contribution < 1.29 is 23.5 Å². The van der Waals surface area contributed by atoms with E-state index in [0.717, 1.165) is 12.7 Å². The quantitative estimate of drug-likeness (QED) is 0.734. The van der Waals surface area contributed by atoms with Gasteiger partial charge < -0.3 is 9.47 Å². The van der Waals surface area contributed by atoms with Crippen molar-refractivity contribution in [3.63, 3.8) is 0 Å². The second-order valence-corrected chi connectivity index (χ2v) is 3.34. The van der Waals surface area contributed by atoms with E-state index in [2.05, 4.69) is 4.74 Å². The van der Waals surface area contributed by atoms with Gasteiger partial charge in [-0.3, -0.25) is 4.79 Å². The van der Waals surface area contributed by atoms with E-state index in [-0.39, 0.29) is 6.61 Å². The second-order valence-electron chi connectivity index (χ2n) is 3.34. The highest BCUT2D eigenvalue weighted by Gasteiger charge is 2.22. The van der Waals surface area contributed by atoms with E-state index in [1.54, 1.807) is 24.3 Å². The number of alkyl halides is 1. The zero-order valence-electron chi connectivity index (χ0n) is 9.39. The lowest BCUT2D eigenvalue weighted by atomic mass is 10.2. The van der Waals surface area contributed by atoms with Gasteiger partial charge in [-0.25, -0.2) is 9.18 Å². The first-order valence-corrected chi connectivity index (χ1v) is 5.05. The minimum Gasteiger partial charge on any atom is -0.467 e. The van der Waals surface area contributed by atoms with Gasteiger partial charge in [-0.1, -0.05) is 30.3 Å². The highest BCUT2D eigenvalue weighted by molar-refractivity contribution is 5.81. The molecule has 1 aromatic rings. The lowest BCUT2D eigenvalue weighted by molar-refractivity contribution is -0.154. The summed E-state index contributed by atoms with van der Waals surface area (Å²) in [5.41, 5.74) is 0.800. The predicted molar refractivity (Wildman–Crippen MR) is 57.8 cm³/mol. The number of halogens is 1. The smallest absolute Gasteiger partial charge is 0.341 e. The van der Waals surface area contributed by atoms with Gasteiger partial charge in [0.1, 0.15) is 6.61 Å².